The Morgan fingerprint density at radius 3 is 2.04 bits per heavy atom. The van der Waals surface area contributed by atoms with E-state index in [0.717, 1.165) is 0 Å². The quantitative estimate of drug-likeness (QED) is 0.391. The first-order valence-corrected chi connectivity index (χ1v) is 9.35. The van der Waals surface area contributed by atoms with Crippen LogP contribution in [-0.2, 0) is 7.05 Å². The third kappa shape index (κ3) is 3.41. The minimum Gasteiger partial charge on any atom is -0.201 e. The predicted molar refractivity (Wildman–Crippen MR) is 113 cm³/mol. The van der Waals surface area contributed by atoms with Crippen LogP contribution in [0.15, 0.2) is 91.1 Å². The number of nitrogens with zero attached hydrogens (tertiary/aromatic N) is 1. The number of benzene rings is 3. The lowest BCUT2D eigenvalue weighted by atomic mass is 9.95. The Hall–Kier alpha value is -3.19. The van der Waals surface area contributed by atoms with Gasteiger partial charge in [0.05, 0.1) is 0 Å². The van der Waals surface area contributed by atoms with Gasteiger partial charge in [-0.1, -0.05) is 66.7 Å². The normalized spacial score (nSPS) is 10.8. The topological polar surface area (TPSA) is 3.88 Å². The maximum atomic E-state index is 2.31. The van der Waals surface area contributed by atoms with Gasteiger partial charge < -0.3 is 0 Å². The first-order chi connectivity index (χ1) is 13.1. The summed E-state index contributed by atoms with van der Waals surface area (Å²) in [7, 11) is 2.12. The van der Waals surface area contributed by atoms with Crippen LogP contribution in [0.5, 0.6) is 0 Å². The SMILES string of the molecule is Cc1ccccc1-c1cc[n+](C)c(-c2cc(-c3ccccc3)ccc2C)c1. The molecule has 1 nitrogen and oxygen atoms in total. The Morgan fingerprint density at radius 2 is 1.26 bits per heavy atom. The molecule has 1 aromatic heterocycles. The average Bonchev–Trinajstić information content (AvgIpc) is 2.70. The van der Waals surface area contributed by atoms with Gasteiger partial charge in [-0.3, -0.25) is 0 Å². The molecule has 0 N–H and O–H groups in total. The van der Waals surface area contributed by atoms with Crippen LogP contribution in [0.1, 0.15) is 11.1 Å². The van der Waals surface area contributed by atoms with Crippen molar-refractivity contribution >= 4 is 0 Å². The van der Waals surface area contributed by atoms with Crippen molar-refractivity contribution in [3.63, 3.8) is 0 Å². The summed E-state index contributed by atoms with van der Waals surface area (Å²) in [5, 5.41) is 0. The van der Waals surface area contributed by atoms with E-state index in [1.54, 1.807) is 0 Å². The number of pyridine rings is 1. The largest absolute Gasteiger partial charge is 0.213 e. The van der Waals surface area contributed by atoms with E-state index in [0.29, 0.717) is 0 Å². The summed E-state index contributed by atoms with van der Waals surface area (Å²) < 4.78 is 2.21. The molecule has 0 atom stereocenters. The van der Waals surface area contributed by atoms with Gasteiger partial charge in [0.25, 0.3) is 0 Å². The van der Waals surface area contributed by atoms with E-state index in [2.05, 4.69) is 117 Å². The molecular formula is C26H24N+. The van der Waals surface area contributed by atoms with E-state index in [-0.39, 0.29) is 0 Å². The molecule has 4 rings (SSSR count). The van der Waals surface area contributed by atoms with Gasteiger partial charge in [-0.25, -0.2) is 4.57 Å². The second-order valence-corrected chi connectivity index (χ2v) is 7.12. The third-order valence-corrected chi connectivity index (χ3v) is 5.23. The van der Waals surface area contributed by atoms with E-state index in [4.69, 9.17) is 0 Å². The van der Waals surface area contributed by atoms with Gasteiger partial charge in [-0.2, -0.15) is 0 Å². The van der Waals surface area contributed by atoms with Gasteiger partial charge in [0.2, 0.25) is 5.69 Å². The molecule has 4 aromatic rings. The Morgan fingerprint density at radius 1 is 0.556 bits per heavy atom. The van der Waals surface area contributed by atoms with Crippen LogP contribution in [0.3, 0.4) is 0 Å². The highest BCUT2D eigenvalue weighted by Crippen LogP contribution is 2.30. The van der Waals surface area contributed by atoms with Crippen LogP contribution in [-0.4, -0.2) is 0 Å². The highest BCUT2D eigenvalue weighted by atomic mass is 14.9. The van der Waals surface area contributed by atoms with Crippen molar-refractivity contribution in [3.05, 3.63) is 102 Å². The zero-order valence-electron chi connectivity index (χ0n) is 16.1. The van der Waals surface area contributed by atoms with Crippen molar-refractivity contribution in [2.75, 3.05) is 0 Å². The van der Waals surface area contributed by atoms with Crippen molar-refractivity contribution in [2.45, 2.75) is 13.8 Å². The van der Waals surface area contributed by atoms with E-state index in [1.807, 2.05) is 0 Å². The fourth-order valence-electron chi connectivity index (χ4n) is 3.61. The molecule has 1 heterocycles. The van der Waals surface area contributed by atoms with Gasteiger partial charge >= 0.3 is 0 Å². The molecule has 0 aliphatic rings. The van der Waals surface area contributed by atoms with Crippen molar-refractivity contribution < 1.29 is 4.57 Å². The number of hydrogen-bond donors (Lipinski definition) is 0. The molecule has 0 bridgehead atoms. The van der Waals surface area contributed by atoms with Gasteiger partial charge in [0.1, 0.15) is 7.05 Å². The van der Waals surface area contributed by atoms with Crippen LogP contribution in [0, 0.1) is 13.8 Å². The smallest absolute Gasteiger partial charge is 0.201 e. The van der Waals surface area contributed by atoms with Crippen LogP contribution >= 0.6 is 0 Å². The van der Waals surface area contributed by atoms with E-state index >= 15 is 0 Å². The van der Waals surface area contributed by atoms with Crippen molar-refractivity contribution in [2.24, 2.45) is 7.05 Å². The second kappa shape index (κ2) is 7.20. The molecule has 0 amide bonds. The molecule has 0 radical (unpaired) electrons. The van der Waals surface area contributed by atoms with E-state index in [1.165, 1.54) is 44.6 Å². The van der Waals surface area contributed by atoms with Crippen LogP contribution in [0.25, 0.3) is 33.5 Å². The van der Waals surface area contributed by atoms with Gasteiger partial charge in [0.15, 0.2) is 6.20 Å². The van der Waals surface area contributed by atoms with Gasteiger partial charge in [0, 0.05) is 17.7 Å². The fraction of sp³-hybridized carbons (Fsp3) is 0.115. The number of aryl methyl sites for hydroxylation is 3. The summed E-state index contributed by atoms with van der Waals surface area (Å²) in [6.45, 7) is 4.35. The lowest BCUT2D eigenvalue weighted by molar-refractivity contribution is -0.660. The monoisotopic (exact) mass is 350 g/mol. The Bertz CT molecular complexity index is 1090. The minimum absolute atomic E-state index is 1.23. The maximum absolute atomic E-state index is 2.31. The zero-order chi connectivity index (χ0) is 18.8. The van der Waals surface area contributed by atoms with Crippen LogP contribution in [0.4, 0.5) is 0 Å². The molecule has 0 saturated carbocycles. The van der Waals surface area contributed by atoms with Crippen molar-refractivity contribution in [1.82, 2.24) is 0 Å². The maximum Gasteiger partial charge on any atom is 0.213 e. The van der Waals surface area contributed by atoms with E-state index < -0.39 is 0 Å². The summed E-state index contributed by atoms with van der Waals surface area (Å²) in [5.74, 6) is 0. The lowest BCUT2D eigenvalue weighted by Gasteiger charge is -2.11. The molecule has 3 aromatic carbocycles. The first kappa shape index (κ1) is 17.2. The van der Waals surface area contributed by atoms with Gasteiger partial charge in [-0.05, 0) is 53.3 Å². The van der Waals surface area contributed by atoms with Crippen molar-refractivity contribution in [1.29, 1.82) is 0 Å². The number of aromatic nitrogens is 1. The highest BCUT2D eigenvalue weighted by molar-refractivity contribution is 5.76. The van der Waals surface area contributed by atoms with Crippen LogP contribution in [0.2, 0.25) is 0 Å². The molecule has 0 saturated heterocycles. The third-order valence-electron chi connectivity index (χ3n) is 5.23. The standard InChI is InChI=1S/C26H24N/c1-19-9-7-8-12-24(19)23-15-16-27(3)26(18-23)25-17-22(14-13-20(25)2)21-10-5-4-6-11-21/h4-18H,1-3H3/q+1. The first-order valence-electron chi connectivity index (χ1n) is 9.35. The van der Waals surface area contributed by atoms with Crippen molar-refractivity contribution in [3.8, 4) is 33.5 Å². The van der Waals surface area contributed by atoms with Crippen LogP contribution < -0.4 is 4.57 Å². The highest BCUT2D eigenvalue weighted by Gasteiger charge is 2.16. The molecule has 0 spiro atoms. The molecule has 0 fully saturated rings. The minimum atomic E-state index is 1.23. The summed E-state index contributed by atoms with van der Waals surface area (Å²) in [6.07, 6.45) is 2.16. The Balaban J connectivity index is 1.86. The summed E-state index contributed by atoms with van der Waals surface area (Å²) in [5.41, 5.74) is 10.1. The Labute approximate surface area is 161 Å². The molecule has 132 valence electrons. The second-order valence-electron chi connectivity index (χ2n) is 7.12. The average molecular weight is 350 g/mol. The predicted octanol–water partition coefficient (Wildman–Crippen LogP) is 6.13. The van der Waals surface area contributed by atoms with E-state index in [9.17, 15) is 0 Å². The van der Waals surface area contributed by atoms with Gasteiger partial charge in [-0.15, -0.1) is 0 Å². The molecule has 0 aliphatic carbocycles. The molecule has 0 aliphatic heterocycles. The molecule has 1 heteroatoms. The molecule has 27 heavy (non-hydrogen) atoms. The number of rotatable bonds is 3. The number of hydrogen-bond acceptors (Lipinski definition) is 0. The summed E-state index contributed by atoms with van der Waals surface area (Å²) in [4.78, 5) is 0. The fourth-order valence-corrected chi connectivity index (χ4v) is 3.61. The molecule has 0 unspecified atom stereocenters. The zero-order valence-corrected chi connectivity index (χ0v) is 16.1. The Kier molecular flexibility index (Phi) is 4.60. The lowest BCUT2D eigenvalue weighted by Crippen LogP contribution is -2.30. The summed E-state index contributed by atoms with van der Waals surface area (Å²) >= 11 is 0. The summed E-state index contributed by atoms with van der Waals surface area (Å²) in [6, 6.07) is 30.4. The molecular weight excluding hydrogens is 326 g/mol.